The van der Waals surface area contributed by atoms with Gasteiger partial charge in [0.05, 0.1) is 11.6 Å². The highest BCUT2D eigenvalue weighted by Crippen LogP contribution is 2.38. The van der Waals surface area contributed by atoms with Gasteiger partial charge in [0.2, 0.25) is 5.91 Å². The molecule has 6 nitrogen and oxygen atoms in total. The fourth-order valence-corrected chi connectivity index (χ4v) is 3.41. The van der Waals surface area contributed by atoms with E-state index in [0.717, 1.165) is 36.6 Å². The van der Waals surface area contributed by atoms with E-state index in [4.69, 9.17) is 5.26 Å². The number of aromatic nitrogens is 3. The minimum atomic E-state index is -0.0274. The van der Waals surface area contributed by atoms with E-state index in [1.54, 1.807) is 18.2 Å². The molecule has 1 aromatic heterocycles. The molecule has 2 aliphatic rings. The van der Waals surface area contributed by atoms with Gasteiger partial charge in [0.1, 0.15) is 5.82 Å². The van der Waals surface area contributed by atoms with Crippen LogP contribution < -0.4 is 0 Å². The van der Waals surface area contributed by atoms with Crippen LogP contribution in [0.4, 0.5) is 0 Å². The van der Waals surface area contributed by atoms with Gasteiger partial charge in [-0.25, -0.2) is 4.98 Å². The first-order valence-electron chi connectivity index (χ1n) is 9.13. The molecular weight excluding hydrogens is 326 g/mol. The number of aromatic amines is 1. The van der Waals surface area contributed by atoms with E-state index in [1.807, 2.05) is 23.1 Å². The lowest BCUT2D eigenvalue weighted by Crippen LogP contribution is -2.38. The third kappa shape index (κ3) is 3.52. The second-order valence-electron chi connectivity index (χ2n) is 7.01. The molecule has 1 aliphatic carbocycles. The van der Waals surface area contributed by atoms with Gasteiger partial charge in [-0.15, -0.1) is 0 Å². The lowest BCUT2D eigenvalue weighted by Gasteiger charge is -2.30. The molecule has 1 aliphatic heterocycles. The zero-order chi connectivity index (χ0) is 17.9. The maximum Gasteiger partial charge on any atom is 0.246 e. The molecule has 1 saturated heterocycles. The first-order chi connectivity index (χ1) is 12.7. The van der Waals surface area contributed by atoms with Crippen LogP contribution in [0.1, 0.15) is 60.3 Å². The number of benzene rings is 1. The number of rotatable bonds is 4. The van der Waals surface area contributed by atoms with Crippen molar-refractivity contribution < 1.29 is 4.79 Å². The van der Waals surface area contributed by atoms with Crippen LogP contribution in [0.5, 0.6) is 0 Å². The number of carbonyl (C=O) groups is 1. The molecular formula is C20H21N5O. The Morgan fingerprint density at radius 3 is 2.92 bits per heavy atom. The highest BCUT2D eigenvalue weighted by molar-refractivity contribution is 5.92. The lowest BCUT2D eigenvalue weighted by molar-refractivity contribution is -0.127. The number of piperidine rings is 1. The number of likely N-dealkylation sites (tertiary alicyclic amines) is 1. The Morgan fingerprint density at radius 1 is 1.27 bits per heavy atom. The van der Waals surface area contributed by atoms with Gasteiger partial charge in [0, 0.05) is 31.0 Å². The Balaban J connectivity index is 1.42. The summed E-state index contributed by atoms with van der Waals surface area (Å²) in [6.45, 7) is 1.39. The number of carbonyl (C=O) groups excluding carboxylic acids is 1. The molecule has 1 aromatic carbocycles. The van der Waals surface area contributed by atoms with Crippen LogP contribution in [0.3, 0.4) is 0 Å². The first-order valence-corrected chi connectivity index (χ1v) is 9.13. The minimum absolute atomic E-state index is 0.0274. The van der Waals surface area contributed by atoms with E-state index < -0.39 is 0 Å². The van der Waals surface area contributed by atoms with Gasteiger partial charge in [-0.2, -0.15) is 10.4 Å². The third-order valence-corrected chi connectivity index (χ3v) is 5.07. The number of hydrogen-bond donors (Lipinski definition) is 1. The maximum absolute atomic E-state index is 12.6. The fourth-order valence-electron chi connectivity index (χ4n) is 3.41. The second kappa shape index (κ2) is 7.12. The van der Waals surface area contributed by atoms with Gasteiger partial charge in [0.15, 0.2) is 5.82 Å². The van der Waals surface area contributed by atoms with Gasteiger partial charge >= 0.3 is 0 Å². The molecule has 0 radical (unpaired) electrons. The summed E-state index contributed by atoms with van der Waals surface area (Å²) >= 11 is 0. The molecule has 26 heavy (non-hydrogen) atoms. The molecule has 1 amide bonds. The molecule has 0 bridgehead atoms. The average molecular weight is 347 g/mol. The molecule has 2 fully saturated rings. The molecule has 2 heterocycles. The molecule has 132 valence electrons. The summed E-state index contributed by atoms with van der Waals surface area (Å²) in [5.74, 6) is 2.55. The molecule has 1 unspecified atom stereocenters. The topological polar surface area (TPSA) is 85.7 Å². The lowest BCUT2D eigenvalue weighted by atomic mass is 9.97. The van der Waals surface area contributed by atoms with Crippen molar-refractivity contribution in [2.45, 2.75) is 37.5 Å². The van der Waals surface area contributed by atoms with Crippen LogP contribution in [0.2, 0.25) is 0 Å². The summed E-state index contributed by atoms with van der Waals surface area (Å²) in [7, 11) is 0. The number of amides is 1. The van der Waals surface area contributed by atoms with Crippen molar-refractivity contribution in [1.82, 2.24) is 20.1 Å². The second-order valence-corrected chi connectivity index (χ2v) is 7.01. The Kier molecular flexibility index (Phi) is 4.53. The van der Waals surface area contributed by atoms with E-state index in [0.29, 0.717) is 18.0 Å². The van der Waals surface area contributed by atoms with Gasteiger partial charge in [-0.05, 0) is 43.4 Å². The van der Waals surface area contributed by atoms with E-state index >= 15 is 0 Å². The summed E-state index contributed by atoms with van der Waals surface area (Å²) in [6.07, 6.45) is 7.63. The van der Waals surface area contributed by atoms with Crippen molar-refractivity contribution in [3.63, 3.8) is 0 Å². The van der Waals surface area contributed by atoms with Crippen LogP contribution in [0.25, 0.3) is 6.08 Å². The van der Waals surface area contributed by atoms with Crippen LogP contribution in [0, 0.1) is 11.3 Å². The van der Waals surface area contributed by atoms with Crippen molar-refractivity contribution in [2.75, 3.05) is 13.1 Å². The zero-order valence-corrected chi connectivity index (χ0v) is 14.6. The predicted octanol–water partition coefficient (Wildman–Crippen LogP) is 2.97. The Bertz CT molecular complexity index is 874. The molecule has 4 rings (SSSR count). The van der Waals surface area contributed by atoms with Crippen LogP contribution >= 0.6 is 0 Å². The first kappa shape index (κ1) is 16.5. The van der Waals surface area contributed by atoms with Gasteiger partial charge < -0.3 is 4.90 Å². The summed E-state index contributed by atoms with van der Waals surface area (Å²) in [5, 5.41) is 16.6. The Morgan fingerprint density at radius 2 is 2.12 bits per heavy atom. The fraction of sp³-hybridized carbons (Fsp3) is 0.400. The summed E-state index contributed by atoms with van der Waals surface area (Å²) in [4.78, 5) is 19.1. The zero-order valence-electron chi connectivity index (χ0n) is 14.6. The molecule has 1 atom stereocenters. The Labute approximate surface area is 152 Å². The number of hydrogen-bond acceptors (Lipinski definition) is 4. The van der Waals surface area contributed by atoms with Crippen molar-refractivity contribution in [1.29, 1.82) is 5.26 Å². The standard InChI is InChI=1S/C20H21N5O/c21-12-16-5-2-1-4-14(16)9-10-18(26)25-11-3-6-17(13-25)20-22-19(23-24-20)15-7-8-15/h1-2,4-5,9-10,15,17H,3,6-8,11,13H2,(H,22,23,24)/b10-9+. The third-order valence-electron chi connectivity index (χ3n) is 5.07. The van der Waals surface area contributed by atoms with Gasteiger partial charge in [0.25, 0.3) is 0 Å². The van der Waals surface area contributed by atoms with Crippen LogP contribution in [-0.2, 0) is 4.79 Å². The minimum Gasteiger partial charge on any atom is -0.338 e. The molecule has 1 N–H and O–H groups in total. The largest absolute Gasteiger partial charge is 0.338 e. The van der Waals surface area contributed by atoms with E-state index in [9.17, 15) is 4.79 Å². The van der Waals surface area contributed by atoms with Crippen molar-refractivity contribution in [3.05, 3.63) is 53.1 Å². The number of nitrogens with zero attached hydrogens (tertiary/aromatic N) is 4. The Hall–Kier alpha value is -2.94. The SMILES string of the molecule is N#Cc1ccccc1/C=C/C(=O)N1CCCC(c2n[nH]c(C3CC3)n2)C1. The molecule has 0 spiro atoms. The van der Waals surface area contributed by atoms with E-state index in [1.165, 1.54) is 12.8 Å². The van der Waals surface area contributed by atoms with E-state index in [2.05, 4.69) is 21.3 Å². The normalized spacial score (nSPS) is 20.3. The monoisotopic (exact) mass is 347 g/mol. The molecule has 6 heteroatoms. The molecule has 2 aromatic rings. The molecule has 1 saturated carbocycles. The average Bonchev–Trinajstić information content (AvgIpc) is 3.43. The highest BCUT2D eigenvalue weighted by atomic mass is 16.2. The van der Waals surface area contributed by atoms with Crippen molar-refractivity contribution >= 4 is 12.0 Å². The highest BCUT2D eigenvalue weighted by Gasteiger charge is 2.30. The number of nitrogens with one attached hydrogen (secondary N) is 1. The number of nitriles is 1. The van der Waals surface area contributed by atoms with Crippen molar-refractivity contribution in [2.24, 2.45) is 0 Å². The van der Waals surface area contributed by atoms with Gasteiger partial charge in [-0.1, -0.05) is 18.2 Å². The quantitative estimate of drug-likeness (QED) is 0.862. The summed E-state index contributed by atoms with van der Waals surface area (Å²) in [6, 6.07) is 9.42. The maximum atomic E-state index is 12.6. The number of H-pyrrole nitrogens is 1. The summed E-state index contributed by atoms with van der Waals surface area (Å²) in [5.41, 5.74) is 1.33. The van der Waals surface area contributed by atoms with Crippen molar-refractivity contribution in [3.8, 4) is 6.07 Å². The predicted molar refractivity (Wildman–Crippen MR) is 97.1 cm³/mol. The van der Waals surface area contributed by atoms with E-state index in [-0.39, 0.29) is 11.8 Å². The smallest absolute Gasteiger partial charge is 0.246 e. The summed E-state index contributed by atoms with van der Waals surface area (Å²) < 4.78 is 0. The van der Waals surface area contributed by atoms with Crippen LogP contribution in [-0.4, -0.2) is 39.1 Å². The van der Waals surface area contributed by atoms with Crippen LogP contribution in [0.15, 0.2) is 30.3 Å². The van der Waals surface area contributed by atoms with Gasteiger partial charge in [-0.3, -0.25) is 9.89 Å².